The van der Waals surface area contributed by atoms with Gasteiger partial charge >= 0.3 is 12.2 Å². The van der Waals surface area contributed by atoms with Crippen LogP contribution >= 0.6 is 0 Å². The molecule has 2 aromatic heterocycles. The van der Waals surface area contributed by atoms with Gasteiger partial charge in [-0.05, 0) is 25.0 Å². The normalized spacial score (nSPS) is 18.8. The van der Waals surface area contributed by atoms with Gasteiger partial charge in [0.1, 0.15) is 17.7 Å². The van der Waals surface area contributed by atoms with Gasteiger partial charge in [0.15, 0.2) is 5.69 Å². The summed E-state index contributed by atoms with van der Waals surface area (Å²) < 4.78 is 43.7. The molecule has 4 rings (SSSR count). The van der Waals surface area contributed by atoms with E-state index in [0.717, 1.165) is 36.7 Å². The zero-order chi connectivity index (χ0) is 18.1. The Bertz CT molecular complexity index is 773. The predicted octanol–water partition coefficient (Wildman–Crippen LogP) is 3.21. The fraction of sp³-hybridized carbons (Fsp3) is 0.529. The lowest BCUT2D eigenvalue weighted by Gasteiger charge is -2.32. The summed E-state index contributed by atoms with van der Waals surface area (Å²) in [4.78, 5) is 18.4. The summed E-state index contributed by atoms with van der Waals surface area (Å²) in [7, 11) is 0. The highest BCUT2D eigenvalue weighted by molar-refractivity contribution is 5.38. The zero-order valence-electron chi connectivity index (χ0n) is 14.0. The maximum Gasteiger partial charge on any atom is 0.433 e. The molecule has 2 aromatic rings. The van der Waals surface area contributed by atoms with E-state index in [1.54, 1.807) is 6.20 Å². The molecule has 138 valence electrons. The average molecular weight is 365 g/mol. The second-order valence-electron chi connectivity index (χ2n) is 6.57. The molecule has 0 bridgehead atoms. The number of piperidine rings is 1. The highest BCUT2D eigenvalue weighted by atomic mass is 19.4. The summed E-state index contributed by atoms with van der Waals surface area (Å²) in [6.07, 6.45) is 1.78. The molecule has 3 heterocycles. The second-order valence-corrected chi connectivity index (χ2v) is 6.57. The Morgan fingerprint density at radius 1 is 0.962 bits per heavy atom. The summed E-state index contributed by atoms with van der Waals surface area (Å²) in [6, 6.07) is 2.50. The lowest BCUT2D eigenvalue weighted by Crippen LogP contribution is -2.39. The maximum absolute atomic E-state index is 12.7. The van der Waals surface area contributed by atoms with Crippen molar-refractivity contribution in [3.8, 4) is 6.01 Å². The highest BCUT2D eigenvalue weighted by Crippen LogP contribution is 2.38. The topological polar surface area (TPSA) is 64.0 Å². The molecule has 0 amide bonds. The maximum atomic E-state index is 12.7. The number of anilines is 1. The molecule has 0 unspecified atom stereocenters. The minimum Gasteiger partial charge on any atom is -0.460 e. The van der Waals surface area contributed by atoms with E-state index in [4.69, 9.17) is 4.74 Å². The van der Waals surface area contributed by atoms with E-state index in [1.807, 2.05) is 6.07 Å². The van der Waals surface area contributed by atoms with Crippen LogP contribution in [0, 0.1) is 0 Å². The van der Waals surface area contributed by atoms with Crippen LogP contribution in [0.5, 0.6) is 6.01 Å². The average Bonchev–Trinajstić information content (AvgIpc) is 3.47. The first kappa shape index (κ1) is 17.0. The monoisotopic (exact) mass is 365 g/mol. The molecular formula is C17H18F3N5O. The molecule has 6 nitrogen and oxygen atoms in total. The van der Waals surface area contributed by atoms with Crippen LogP contribution in [0.3, 0.4) is 0 Å². The summed E-state index contributed by atoms with van der Waals surface area (Å²) in [5.74, 6) is 2.29. The Labute approximate surface area is 148 Å². The Balaban J connectivity index is 1.36. The molecule has 1 aliphatic heterocycles. The molecule has 9 heteroatoms. The summed E-state index contributed by atoms with van der Waals surface area (Å²) >= 11 is 0. The lowest BCUT2D eigenvalue weighted by atomic mass is 10.1. The number of hydrogen-bond donors (Lipinski definition) is 0. The third-order valence-electron chi connectivity index (χ3n) is 4.56. The van der Waals surface area contributed by atoms with Gasteiger partial charge in [-0.25, -0.2) is 15.0 Å². The van der Waals surface area contributed by atoms with Crippen LogP contribution in [0.1, 0.15) is 43.1 Å². The first-order valence-electron chi connectivity index (χ1n) is 8.64. The van der Waals surface area contributed by atoms with Crippen LogP contribution < -0.4 is 9.64 Å². The van der Waals surface area contributed by atoms with Gasteiger partial charge in [0, 0.05) is 44.2 Å². The molecule has 1 saturated carbocycles. The molecule has 1 aliphatic carbocycles. The molecule has 0 aromatic carbocycles. The van der Waals surface area contributed by atoms with E-state index in [-0.39, 0.29) is 12.1 Å². The molecule has 2 aliphatic rings. The van der Waals surface area contributed by atoms with Gasteiger partial charge in [0.2, 0.25) is 0 Å². The predicted molar refractivity (Wildman–Crippen MR) is 86.9 cm³/mol. The number of halogens is 3. The number of ether oxygens (including phenoxy) is 1. The minimum atomic E-state index is -4.50. The van der Waals surface area contributed by atoms with Gasteiger partial charge in [-0.3, -0.25) is 0 Å². The van der Waals surface area contributed by atoms with Crippen LogP contribution in [-0.4, -0.2) is 39.1 Å². The Kier molecular flexibility index (Phi) is 4.37. The number of rotatable bonds is 4. The minimum absolute atomic E-state index is 0.209. The summed E-state index contributed by atoms with van der Waals surface area (Å²) in [6.45, 7) is 1.43. The van der Waals surface area contributed by atoms with Gasteiger partial charge in [-0.2, -0.15) is 18.2 Å². The van der Waals surface area contributed by atoms with Crippen molar-refractivity contribution < 1.29 is 17.9 Å². The fourth-order valence-corrected chi connectivity index (χ4v) is 2.99. The van der Waals surface area contributed by atoms with Crippen molar-refractivity contribution in [1.29, 1.82) is 0 Å². The quantitative estimate of drug-likeness (QED) is 0.829. The van der Waals surface area contributed by atoms with Crippen molar-refractivity contribution in [1.82, 2.24) is 19.9 Å². The van der Waals surface area contributed by atoms with Crippen LogP contribution in [-0.2, 0) is 6.18 Å². The smallest absolute Gasteiger partial charge is 0.433 e. The summed E-state index contributed by atoms with van der Waals surface area (Å²) in [5.41, 5.74) is -0.992. The van der Waals surface area contributed by atoms with E-state index in [2.05, 4.69) is 24.8 Å². The molecule has 26 heavy (non-hydrogen) atoms. The van der Waals surface area contributed by atoms with Crippen LogP contribution in [0.15, 0.2) is 24.5 Å². The molecular weight excluding hydrogens is 347 g/mol. The van der Waals surface area contributed by atoms with Crippen molar-refractivity contribution in [3.05, 3.63) is 36.0 Å². The molecule has 0 spiro atoms. The van der Waals surface area contributed by atoms with E-state index < -0.39 is 11.9 Å². The van der Waals surface area contributed by atoms with Crippen LogP contribution in [0.25, 0.3) is 0 Å². The van der Waals surface area contributed by atoms with Crippen LogP contribution in [0.4, 0.5) is 19.0 Å². The van der Waals surface area contributed by atoms with E-state index >= 15 is 0 Å². The summed E-state index contributed by atoms with van der Waals surface area (Å²) in [5, 5.41) is 0. The third-order valence-corrected chi connectivity index (χ3v) is 4.56. The molecule has 2 fully saturated rings. The van der Waals surface area contributed by atoms with Gasteiger partial charge in [0.05, 0.1) is 0 Å². The third kappa shape index (κ3) is 3.86. The van der Waals surface area contributed by atoms with Crippen molar-refractivity contribution in [3.63, 3.8) is 0 Å². The van der Waals surface area contributed by atoms with Crippen molar-refractivity contribution >= 4 is 5.82 Å². The first-order chi connectivity index (χ1) is 12.5. The van der Waals surface area contributed by atoms with Gasteiger partial charge < -0.3 is 9.64 Å². The van der Waals surface area contributed by atoms with Crippen molar-refractivity contribution in [2.75, 3.05) is 18.0 Å². The van der Waals surface area contributed by atoms with Crippen molar-refractivity contribution in [2.45, 2.75) is 43.9 Å². The van der Waals surface area contributed by atoms with Gasteiger partial charge in [0.25, 0.3) is 0 Å². The number of alkyl halides is 3. The number of hydrogen-bond acceptors (Lipinski definition) is 6. The number of aromatic nitrogens is 4. The van der Waals surface area contributed by atoms with Crippen LogP contribution in [0.2, 0.25) is 0 Å². The molecule has 0 N–H and O–H groups in total. The van der Waals surface area contributed by atoms with E-state index in [9.17, 15) is 13.2 Å². The number of nitrogens with zero attached hydrogens (tertiary/aromatic N) is 5. The Morgan fingerprint density at radius 2 is 1.69 bits per heavy atom. The lowest BCUT2D eigenvalue weighted by molar-refractivity contribution is -0.141. The molecule has 0 radical (unpaired) electrons. The Hall–Kier alpha value is -2.45. The highest BCUT2D eigenvalue weighted by Gasteiger charge is 2.33. The second kappa shape index (κ2) is 6.69. The molecule has 0 atom stereocenters. The largest absolute Gasteiger partial charge is 0.460 e. The first-order valence-corrected chi connectivity index (χ1v) is 8.64. The zero-order valence-corrected chi connectivity index (χ0v) is 14.0. The SMILES string of the molecule is FC(F)(F)c1ccnc(OC2CCN(c3ccnc(C4CC4)n3)CC2)n1. The Morgan fingerprint density at radius 3 is 2.38 bits per heavy atom. The molecule has 1 saturated heterocycles. The standard InChI is InChI=1S/C17H18F3N5O/c18-17(19,20)13-3-7-22-16(23-13)26-12-5-9-25(10-6-12)14-4-8-21-15(24-14)11-1-2-11/h3-4,7-8,11-12H,1-2,5-6,9-10H2. The van der Waals surface area contributed by atoms with E-state index in [1.165, 1.54) is 0 Å². The van der Waals surface area contributed by atoms with Gasteiger partial charge in [-0.1, -0.05) is 0 Å². The van der Waals surface area contributed by atoms with Gasteiger partial charge in [-0.15, -0.1) is 0 Å². The fourth-order valence-electron chi connectivity index (χ4n) is 2.99. The van der Waals surface area contributed by atoms with Crippen molar-refractivity contribution in [2.24, 2.45) is 0 Å². The van der Waals surface area contributed by atoms with E-state index in [0.29, 0.717) is 31.8 Å².